The molecule has 2 aromatic heterocycles. The maximum atomic E-state index is 11.9. The van der Waals surface area contributed by atoms with Crippen LogP contribution in [0.1, 0.15) is 10.6 Å². The molecule has 0 saturated heterocycles. The van der Waals surface area contributed by atoms with Crippen molar-refractivity contribution in [3.8, 4) is 0 Å². The maximum Gasteiger partial charge on any atom is 0.295 e. The molecule has 18 heavy (non-hydrogen) atoms. The number of fused-ring (bicyclic) bond motifs is 1. The van der Waals surface area contributed by atoms with Crippen molar-refractivity contribution >= 4 is 17.4 Å². The number of aromatic nitrogens is 4. The summed E-state index contributed by atoms with van der Waals surface area (Å²) in [5, 5.41) is 6.75. The molecule has 0 bridgehead atoms. The Bertz CT molecular complexity index is 659. The number of nitrogens with one attached hydrogen (secondary N) is 1. The van der Waals surface area contributed by atoms with Gasteiger partial charge in [0.05, 0.1) is 0 Å². The smallest absolute Gasteiger partial charge is 0.295 e. The Morgan fingerprint density at radius 1 is 1.17 bits per heavy atom. The number of hydrogen-bond acceptors (Lipinski definition) is 4. The molecular weight excluding hydrogens is 230 g/mol. The van der Waals surface area contributed by atoms with Crippen molar-refractivity contribution in [2.75, 3.05) is 5.32 Å². The summed E-state index contributed by atoms with van der Waals surface area (Å²) in [5.41, 5.74) is 0.703. The molecule has 0 radical (unpaired) electrons. The summed E-state index contributed by atoms with van der Waals surface area (Å²) in [7, 11) is 0. The second-order valence-corrected chi connectivity index (χ2v) is 3.62. The van der Waals surface area contributed by atoms with Crippen molar-refractivity contribution in [1.82, 2.24) is 19.6 Å². The van der Waals surface area contributed by atoms with E-state index in [4.69, 9.17) is 0 Å². The molecule has 3 rings (SSSR count). The molecule has 0 saturated carbocycles. The highest BCUT2D eigenvalue weighted by molar-refractivity contribution is 6.01. The molecule has 1 aromatic carbocycles. The monoisotopic (exact) mass is 239 g/mol. The minimum atomic E-state index is -0.355. The largest absolute Gasteiger partial charge is 0.319 e. The normalized spacial score (nSPS) is 10.4. The molecule has 6 heteroatoms. The lowest BCUT2D eigenvalue weighted by Crippen LogP contribution is -2.13. The van der Waals surface area contributed by atoms with Crippen molar-refractivity contribution in [3.05, 3.63) is 54.6 Å². The fourth-order valence-corrected chi connectivity index (χ4v) is 1.54. The SMILES string of the molecule is O=C(Nc1ccccc1)c1nc2ncccn2n1. The van der Waals surface area contributed by atoms with Gasteiger partial charge in [-0.2, -0.15) is 4.98 Å². The van der Waals surface area contributed by atoms with Gasteiger partial charge in [0.15, 0.2) is 0 Å². The van der Waals surface area contributed by atoms with E-state index in [-0.39, 0.29) is 11.7 Å². The summed E-state index contributed by atoms with van der Waals surface area (Å²) < 4.78 is 1.46. The Balaban J connectivity index is 1.88. The van der Waals surface area contributed by atoms with E-state index in [1.165, 1.54) is 4.52 Å². The van der Waals surface area contributed by atoms with E-state index in [1.807, 2.05) is 18.2 Å². The number of amides is 1. The molecule has 6 nitrogen and oxygen atoms in total. The highest BCUT2D eigenvalue weighted by atomic mass is 16.2. The summed E-state index contributed by atoms with van der Waals surface area (Å²) in [6.07, 6.45) is 3.29. The summed E-state index contributed by atoms with van der Waals surface area (Å²) in [5.74, 6) is 0.139. The van der Waals surface area contributed by atoms with Gasteiger partial charge in [-0.05, 0) is 18.2 Å². The molecule has 1 amide bonds. The number of nitrogens with zero attached hydrogens (tertiary/aromatic N) is 4. The Morgan fingerprint density at radius 2 is 2.00 bits per heavy atom. The van der Waals surface area contributed by atoms with Crippen molar-refractivity contribution in [2.24, 2.45) is 0 Å². The third-order valence-electron chi connectivity index (χ3n) is 2.35. The number of hydrogen-bond donors (Lipinski definition) is 1. The Kier molecular flexibility index (Phi) is 2.45. The van der Waals surface area contributed by atoms with Gasteiger partial charge in [-0.25, -0.2) is 9.50 Å². The Labute approximate surface area is 102 Å². The number of carbonyl (C=O) groups excluding carboxylic acids is 1. The standard InChI is InChI=1S/C12H9N5O/c18-11(14-9-5-2-1-3-6-9)10-15-12-13-7-4-8-17(12)16-10/h1-8H,(H,14,18). The van der Waals surface area contributed by atoms with Crippen LogP contribution in [0.2, 0.25) is 0 Å². The average molecular weight is 239 g/mol. The number of benzene rings is 1. The predicted octanol–water partition coefficient (Wildman–Crippen LogP) is 1.38. The summed E-state index contributed by atoms with van der Waals surface area (Å²) >= 11 is 0. The molecule has 0 fully saturated rings. The summed E-state index contributed by atoms with van der Waals surface area (Å²) in [4.78, 5) is 19.9. The molecule has 1 N–H and O–H groups in total. The van der Waals surface area contributed by atoms with E-state index >= 15 is 0 Å². The van der Waals surface area contributed by atoms with Crippen LogP contribution < -0.4 is 5.32 Å². The molecule has 88 valence electrons. The first kappa shape index (κ1) is 10.4. The first-order chi connectivity index (χ1) is 8.83. The van der Waals surface area contributed by atoms with Crippen molar-refractivity contribution in [1.29, 1.82) is 0 Å². The van der Waals surface area contributed by atoms with E-state index in [1.54, 1.807) is 30.6 Å². The highest BCUT2D eigenvalue weighted by Crippen LogP contribution is 2.07. The van der Waals surface area contributed by atoms with Crippen LogP contribution in [0.4, 0.5) is 5.69 Å². The number of carbonyl (C=O) groups is 1. The predicted molar refractivity (Wildman–Crippen MR) is 65.2 cm³/mol. The third kappa shape index (κ3) is 1.91. The lowest BCUT2D eigenvalue weighted by Gasteiger charge is -2.00. The summed E-state index contributed by atoms with van der Waals surface area (Å²) in [6.45, 7) is 0. The van der Waals surface area contributed by atoms with E-state index in [0.717, 1.165) is 0 Å². The highest BCUT2D eigenvalue weighted by Gasteiger charge is 2.12. The minimum absolute atomic E-state index is 0.0950. The molecule has 0 unspecified atom stereocenters. The van der Waals surface area contributed by atoms with E-state index in [9.17, 15) is 4.79 Å². The lowest BCUT2D eigenvalue weighted by atomic mass is 10.3. The van der Waals surface area contributed by atoms with E-state index in [2.05, 4.69) is 20.4 Å². The van der Waals surface area contributed by atoms with Crippen molar-refractivity contribution in [2.45, 2.75) is 0 Å². The molecular formula is C12H9N5O. The van der Waals surface area contributed by atoms with Gasteiger partial charge in [-0.1, -0.05) is 18.2 Å². The molecule has 3 aromatic rings. The van der Waals surface area contributed by atoms with Crippen LogP contribution in [0.3, 0.4) is 0 Å². The van der Waals surface area contributed by atoms with Gasteiger partial charge >= 0.3 is 0 Å². The second kappa shape index (κ2) is 4.25. The van der Waals surface area contributed by atoms with Crippen LogP contribution in [0.25, 0.3) is 5.78 Å². The van der Waals surface area contributed by atoms with Gasteiger partial charge in [0.25, 0.3) is 11.7 Å². The van der Waals surface area contributed by atoms with Crippen LogP contribution in [-0.4, -0.2) is 25.5 Å². The summed E-state index contributed by atoms with van der Waals surface area (Å²) in [6, 6.07) is 10.9. The number of para-hydroxylation sites is 1. The van der Waals surface area contributed by atoms with Gasteiger partial charge in [0.2, 0.25) is 5.82 Å². The second-order valence-electron chi connectivity index (χ2n) is 3.62. The van der Waals surface area contributed by atoms with E-state index < -0.39 is 0 Å². The van der Waals surface area contributed by atoms with Crippen molar-refractivity contribution in [3.63, 3.8) is 0 Å². The first-order valence-electron chi connectivity index (χ1n) is 5.37. The zero-order valence-electron chi connectivity index (χ0n) is 9.32. The molecule has 2 heterocycles. The minimum Gasteiger partial charge on any atom is -0.319 e. The first-order valence-corrected chi connectivity index (χ1v) is 5.37. The van der Waals surface area contributed by atoms with Crippen LogP contribution in [0.5, 0.6) is 0 Å². The van der Waals surface area contributed by atoms with Gasteiger partial charge in [0, 0.05) is 18.1 Å². The fourth-order valence-electron chi connectivity index (χ4n) is 1.54. The maximum absolute atomic E-state index is 11.9. The van der Waals surface area contributed by atoms with Crippen molar-refractivity contribution < 1.29 is 4.79 Å². The quantitative estimate of drug-likeness (QED) is 0.733. The number of rotatable bonds is 2. The average Bonchev–Trinajstić information content (AvgIpc) is 2.84. The lowest BCUT2D eigenvalue weighted by molar-refractivity contribution is 0.101. The van der Waals surface area contributed by atoms with Crippen LogP contribution >= 0.6 is 0 Å². The molecule has 0 aliphatic heterocycles. The zero-order valence-corrected chi connectivity index (χ0v) is 9.32. The van der Waals surface area contributed by atoms with Crippen LogP contribution in [0.15, 0.2) is 48.8 Å². The van der Waals surface area contributed by atoms with E-state index in [0.29, 0.717) is 11.5 Å². The topological polar surface area (TPSA) is 72.2 Å². The van der Waals surface area contributed by atoms with Gasteiger partial charge in [-0.3, -0.25) is 4.79 Å². The third-order valence-corrected chi connectivity index (χ3v) is 2.35. The van der Waals surface area contributed by atoms with Crippen LogP contribution in [0, 0.1) is 0 Å². The Morgan fingerprint density at radius 3 is 2.78 bits per heavy atom. The van der Waals surface area contributed by atoms with Gasteiger partial charge < -0.3 is 5.32 Å². The molecule has 0 atom stereocenters. The fraction of sp³-hybridized carbons (Fsp3) is 0. The molecule has 0 aliphatic carbocycles. The Hall–Kier alpha value is -2.76. The number of anilines is 1. The van der Waals surface area contributed by atoms with Gasteiger partial charge in [-0.15, -0.1) is 5.10 Å². The van der Waals surface area contributed by atoms with Gasteiger partial charge in [0.1, 0.15) is 0 Å². The van der Waals surface area contributed by atoms with Crippen LogP contribution in [-0.2, 0) is 0 Å². The zero-order chi connectivity index (χ0) is 12.4. The molecule has 0 spiro atoms. The molecule has 0 aliphatic rings.